The highest BCUT2D eigenvalue weighted by atomic mass is 32.2. The van der Waals surface area contributed by atoms with E-state index in [1.54, 1.807) is 7.05 Å². The van der Waals surface area contributed by atoms with Crippen LogP contribution in [0.5, 0.6) is 0 Å². The molecule has 1 rings (SSSR count). The molecular formula is C13H22N4OS. The Hall–Kier alpha value is -1.43. The molecule has 1 aromatic heterocycles. The predicted octanol–water partition coefficient (Wildman–Crippen LogP) is 1.88. The number of hydrogen-bond acceptors (Lipinski definition) is 4. The third kappa shape index (κ3) is 5.83. The number of nitrogens with one attached hydrogen (secondary N) is 2. The van der Waals surface area contributed by atoms with Gasteiger partial charge in [-0.1, -0.05) is 6.08 Å². The van der Waals surface area contributed by atoms with Gasteiger partial charge in [-0.15, -0.1) is 6.58 Å². The lowest BCUT2D eigenvalue weighted by molar-refractivity contribution is 0.464. The van der Waals surface area contributed by atoms with Gasteiger partial charge >= 0.3 is 0 Å². The first kappa shape index (κ1) is 15.6. The molecular weight excluding hydrogens is 260 g/mol. The summed E-state index contributed by atoms with van der Waals surface area (Å²) in [5.74, 6) is 4.29. The van der Waals surface area contributed by atoms with Crippen LogP contribution in [0.2, 0.25) is 0 Å². The van der Waals surface area contributed by atoms with E-state index >= 15 is 0 Å². The highest BCUT2D eigenvalue weighted by molar-refractivity contribution is 7.99. The van der Waals surface area contributed by atoms with Crippen LogP contribution in [0.3, 0.4) is 0 Å². The van der Waals surface area contributed by atoms with E-state index in [4.69, 9.17) is 4.42 Å². The van der Waals surface area contributed by atoms with Crippen molar-refractivity contribution in [1.29, 1.82) is 0 Å². The zero-order chi connectivity index (χ0) is 14.1. The van der Waals surface area contributed by atoms with Crippen molar-refractivity contribution in [3.8, 4) is 0 Å². The van der Waals surface area contributed by atoms with Gasteiger partial charge < -0.3 is 15.1 Å². The van der Waals surface area contributed by atoms with Crippen molar-refractivity contribution in [2.45, 2.75) is 20.4 Å². The van der Waals surface area contributed by atoms with Crippen molar-refractivity contribution in [2.24, 2.45) is 4.99 Å². The van der Waals surface area contributed by atoms with Crippen LogP contribution in [0.25, 0.3) is 0 Å². The van der Waals surface area contributed by atoms with Crippen LogP contribution in [0, 0.1) is 13.8 Å². The maximum absolute atomic E-state index is 5.50. The van der Waals surface area contributed by atoms with Crippen molar-refractivity contribution >= 4 is 17.7 Å². The third-order valence-electron chi connectivity index (χ3n) is 2.48. The number of nitrogens with zero attached hydrogens (tertiary/aromatic N) is 2. The predicted molar refractivity (Wildman–Crippen MR) is 81.7 cm³/mol. The smallest absolute Gasteiger partial charge is 0.214 e. The summed E-state index contributed by atoms with van der Waals surface area (Å²) in [6, 6.07) is 0. The van der Waals surface area contributed by atoms with Crippen molar-refractivity contribution in [1.82, 2.24) is 15.6 Å². The van der Waals surface area contributed by atoms with Gasteiger partial charge in [-0.2, -0.15) is 11.8 Å². The molecule has 0 fully saturated rings. The zero-order valence-electron chi connectivity index (χ0n) is 11.8. The standard InChI is InChI=1S/C13H22N4OS/c1-5-7-19-8-6-15-13(14-4)16-9-12-17-10(2)11(3)18-12/h5H,1,6-9H2,2-4H3,(H2,14,15,16). The molecule has 0 bridgehead atoms. The molecule has 106 valence electrons. The lowest BCUT2D eigenvalue weighted by Gasteiger charge is -2.09. The molecule has 0 aliphatic heterocycles. The Kier molecular flexibility index (Phi) is 7.10. The average molecular weight is 282 g/mol. The minimum absolute atomic E-state index is 0.536. The molecule has 0 spiro atoms. The molecule has 0 atom stereocenters. The molecule has 0 amide bonds. The van der Waals surface area contributed by atoms with Crippen molar-refractivity contribution in [2.75, 3.05) is 25.1 Å². The van der Waals surface area contributed by atoms with E-state index < -0.39 is 0 Å². The molecule has 5 nitrogen and oxygen atoms in total. The Balaban J connectivity index is 2.27. The molecule has 1 heterocycles. The van der Waals surface area contributed by atoms with Crippen molar-refractivity contribution in [3.63, 3.8) is 0 Å². The summed E-state index contributed by atoms with van der Waals surface area (Å²) >= 11 is 1.83. The molecule has 0 radical (unpaired) electrons. The Morgan fingerprint density at radius 1 is 1.47 bits per heavy atom. The summed E-state index contributed by atoms with van der Waals surface area (Å²) in [5, 5.41) is 6.40. The van der Waals surface area contributed by atoms with E-state index in [9.17, 15) is 0 Å². The maximum atomic E-state index is 5.50. The normalized spacial score (nSPS) is 11.4. The Labute approximate surface area is 119 Å². The molecule has 6 heteroatoms. The van der Waals surface area contributed by atoms with Gasteiger partial charge in [-0.05, 0) is 13.8 Å². The van der Waals surface area contributed by atoms with Crippen LogP contribution in [0.15, 0.2) is 22.1 Å². The fourth-order valence-corrected chi connectivity index (χ4v) is 1.98. The third-order valence-corrected chi connectivity index (χ3v) is 3.44. The number of oxazole rings is 1. The van der Waals surface area contributed by atoms with Crippen LogP contribution in [-0.4, -0.2) is 36.0 Å². The highest BCUT2D eigenvalue weighted by Crippen LogP contribution is 2.07. The molecule has 0 saturated carbocycles. The zero-order valence-corrected chi connectivity index (χ0v) is 12.6. The minimum atomic E-state index is 0.536. The monoisotopic (exact) mass is 282 g/mol. The minimum Gasteiger partial charge on any atom is -0.444 e. The fourth-order valence-electron chi connectivity index (χ4n) is 1.40. The largest absolute Gasteiger partial charge is 0.444 e. The molecule has 0 saturated heterocycles. The first-order valence-electron chi connectivity index (χ1n) is 6.23. The number of hydrogen-bond donors (Lipinski definition) is 2. The molecule has 0 aliphatic rings. The summed E-state index contributed by atoms with van der Waals surface area (Å²) in [7, 11) is 1.75. The first-order valence-corrected chi connectivity index (χ1v) is 7.39. The number of guanidine groups is 1. The summed E-state index contributed by atoms with van der Waals surface area (Å²) in [6.07, 6.45) is 1.91. The van der Waals surface area contributed by atoms with Crippen LogP contribution in [0.1, 0.15) is 17.3 Å². The average Bonchev–Trinajstić information content (AvgIpc) is 2.72. The molecule has 0 aromatic carbocycles. The topological polar surface area (TPSA) is 62.5 Å². The SMILES string of the molecule is C=CCSCCNC(=NC)NCc1nc(C)c(C)o1. The van der Waals surface area contributed by atoms with Crippen LogP contribution >= 0.6 is 11.8 Å². The molecule has 19 heavy (non-hydrogen) atoms. The van der Waals surface area contributed by atoms with E-state index in [0.717, 1.165) is 35.5 Å². The van der Waals surface area contributed by atoms with Gasteiger partial charge in [0.1, 0.15) is 5.76 Å². The number of aliphatic imine (C=N–C) groups is 1. The van der Waals surface area contributed by atoms with Gasteiger partial charge in [0.05, 0.1) is 12.2 Å². The van der Waals surface area contributed by atoms with Crippen molar-refractivity contribution < 1.29 is 4.42 Å². The van der Waals surface area contributed by atoms with Gasteiger partial charge in [0, 0.05) is 25.1 Å². The second-order valence-corrected chi connectivity index (χ2v) is 5.12. The van der Waals surface area contributed by atoms with Crippen molar-refractivity contribution in [3.05, 3.63) is 30.0 Å². The summed E-state index contributed by atoms with van der Waals surface area (Å²) in [4.78, 5) is 8.46. The fraction of sp³-hybridized carbons (Fsp3) is 0.538. The van der Waals surface area contributed by atoms with Gasteiger partial charge in [0.15, 0.2) is 5.96 Å². The van der Waals surface area contributed by atoms with E-state index in [0.29, 0.717) is 12.4 Å². The highest BCUT2D eigenvalue weighted by Gasteiger charge is 2.05. The van der Waals surface area contributed by atoms with Gasteiger partial charge in [-0.3, -0.25) is 4.99 Å². The summed E-state index contributed by atoms with van der Waals surface area (Å²) < 4.78 is 5.50. The second kappa shape index (κ2) is 8.63. The maximum Gasteiger partial charge on any atom is 0.214 e. The van der Waals surface area contributed by atoms with E-state index in [-0.39, 0.29) is 0 Å². The van der Waals surface area contributed by atoms with E-state index in [1.807, 2.05) is 31.7 Å². The summed E-state index contributed by atoms with van der Waals surface area (Å²) in [5.41, 5.74) is 0.931. The molecule has 0 unspecified atom stereocenters. The second-order valence-electron chi connectivity index (χ2n) is 3.97. The van der Waals surface area contributed by atoms with Gasteiger partial charge in [0.2, 0.25) is 5.89 Å². The summed E-state index contributed by atoms with van der Waals surface area (Å²) in [6.45, 7) is 8.93. The molecule has 1 aromatic rings. The molecule has 0 aliphatic carbocycles. The number of aromatic nitrogens is 1. The Bertz CT molecular complexity index is 409. The number of thioether (sulfide) groups is 1. The number of aryl methyl sites for hydroxylation is 2. The Morgan fingerprint density at radius 2 is 2.26 bits per heavy atom. The quantitative estimate of drug-likeness (QED) is 0.346. The van der Waals surface area contributed by atoms with E-state index in [2.05, 4.69) is 27.2 Å². The van der Waals surface area contributed by atoms with Crippen LogP contribution in [0.4, 0.5) is 0 Å². The van der Waals surface area contributed by atoms with Crippen LogP contribution < -0.4 is 10.6 Å². The van der Waals surface area contributed by atoms with E-state index in [1.165, 1.54) is 0 Å². The lowest BCUT2D eigenvalue weighted by Crippen LogP contribution is -2.38. The van der Waals surface area contributed by atoms with Crippen LogP contribution in [-0.2, 0) is 6.54 Å². The molecule has 2 N–H and O–H groups in total. The first-order chi connectivity index (χ1) is 9.17. The lowest BCUT2D eigenvalue weighted by atomic mass is 10.4. The van der Waals surface area contributed by atoms with Gasteiger partial charge in [0.25, 0.3) is 0 Å². The van der Waals surface area contributed by atoms with Gasteiger partial charge in [-0.25, -0.2) is 4.98 Å². The Morgan fingerprint density at radius 3 is 2.84 bits per heavy atom. The number of rotatable bonds is 7.